The number of amides is 2. The minimum Gasteiger partial charge on any atom is -0.345 e. The van der Waals surface area contributed by atoms with Gasteiger partial charge in [-0.25, -0.2) is 0 Å². The fourth-order valence-electron chi connectivity index (χ4n) is 3.42. The molecule has 0 fully saturated rings. The van der Waals surface area contributed by atoms with Gasteiger partial charge in [0.05, 0.1) is 11.4 Å². The van der Waals surface area contributed by atoms with Gasteiger partial charge in [-0.1, -0.05) is 29.8 Å². The molecule has 0 N–H and O–H groups in total. The van der Waals surface area contributed by atoms with Crippen molar-refractivity contribution in [1.82, 2.24) is 24.8 Å². The average Bonchev–Trinajstić information content (AvgIpc) is 3.12. The maximum absolute atomic E-state index is 13.2. The predicted octanol–water partition coefficient (Wildman–Crippen LogP) is 3.56. The van der Waals surface area contributed by atoms with Crippen molar-refractivity contribution in [3.8, 4) is 5.69 Å². The highest BCUT2D eigenvalue weighted by Crippen LogP contribution is 2.17. The monoisotopic (exact) mass is 419 g/mol. The summed E-state index contributed by atoms with van der Waals surface area (Å²) in [6, 6.07) is 13.4. The first-order valence-corrected chi connectivity index (χ1v) is 10.3. The van der Waals surface area contributed by atoms with E-state index in [0.717, 1.165) is 22.4 Å². The number of aromatic nitrogens is 3. The molecule has 3 rings (SSSR count). The van der Waals surface area contributed by atoms with E-state index in [1.165, 1.54) is 4.80 Å². The maximum Gasteiger partial charge on any atom is 0.276 e. The highest BCUT2D eigenvalue weighted by molar-refractivity contribution is 5.94. The van der Waals surface area contributed by atoms with Crippen LogP contribution in [0.15, 0.2) is 42.5 Å². The van der Waals surface area contributed by atoms with Gasteiger partial charge in [0, 0.05) is 32.7 Å². The van der Waals surface area contributed by atoms with Crippen LogP contribution >= 0.6 is 0 Å². The number of rotatable bonds is 6. The number of hydrogen-bond donors (Lipinski definition) is 0. The molecule has 3 aromatic rings. The maximum atomic E-state index is 13.2. The van der Waals surface area contributed by atoms with Gasteiger partial charge in [0.2, 0.25) is 0 Å². The lowest BCUT2D eigenvalue weighted by Gasteiger charge is -2.20. The summed E-state index contributed by atoms with van der Waals surface area (Å²) in [6.45, 7) is 8.75. The van der Waals surface area contributed by atoms with Crippen molar-refractivity contribution in [2.24, 2.45) is 0 Å². The lowest BCUT2D eigenvalue weighted by molar-refractivity contribution is 0.0744. The topological polar surface area (TPSA) is 71.3 Å². The van der Waals surface area contributed by atoms with E-state index in [9.17, 15) is 9.59 Å². The van der Waals surface area contributed by atoms with Crippen LogP contribution in [0.25, 0.3) is 5.69 Å². The molecule has 31 heavy (non-hydrogen) atoms. The van der Waals surface area contributed by atoms with Crippen LogP contribution in [-0.4, -0.2) is 57.2 Å². The molecule has 0 atom stereocenters. The lowest BCUT2D eigenvalue weighted by Crippen LogP contribution is -2.31. The van der Waals surface area contributed by atoms with E-state index in [1.54, 1.807) is 43.0 Å². The van der Waals surface area contributed by atoms with Gasteiger partial charge < -0.3 is 9.80 Å². The zero-order valence-corrected chi connectivity index (χ0v) is 19.0. The minimum absolute atomic E-state index is 0.0476. The number of carbonyl (C=O) groups is 2. The van der Waals surface area contributed by atoms with Crippen LogP contribution in [0.1, 0.15) is 50.2 Å². The van der Waals surface area contributed by atoms with Crippen LogP contribution in [0.2, 0.25) is 0 Å². The summed E-state index contributed by atoms with van der Waals surface area (Å²) in [5.74, 6) is -0.210. The van der Waals surface area contributed by atoms with Gasteiger partial charge in [-0.2, -0.15) is 9.90 Å². The van der Waals surface area contributed by atoms with Crippen LogP contribution < -0.4 is 0 Å². The Morgan fingerprint density at radius 3 is 2.19 bits per heavy atom. The molecule has 0 unspecified atom stereocenters. The number of benzene rings is 2. The van der Waals surface area contributed by atoms with Gasteiger partial charge >= 0.3 is 0 Å². The summed E-state index contributed by atoms with van der Waals surface area (Å²) in [5, 5.41) is 8.98. The number of hydrogen-bond acceptors (Lipinski definition) is 4. The quantitative estimate of drug-likeness (QED) is 0.613. The molecule has 2 amide bonds. The summed E-state index contributed by atoms with van der Waals surface area (Å²) in [7, 11) is 3.45. The van der Waals surface area contributed by atoms with E-state index in [0.29, 0.717) is 30.0 Å². The molecule has 0 saturated carbocycles. The van der Waals surface area contributed by atoms with Crippen LogP contribution in [0.5, 0.6) is 0 Å². The highest BCUT2D eigenvalue weighted by atomic mass is 16.2. The van der Waals surface area contributed by atoms with E-state index >= 15 is 0 Å². The molecule has 7 nitrogen and oxygen atoms in total. The third-order valence-electron chi connectivity index (χ3n) is 5.20. The molecular weight excluding hydrogens is 390 g/mol. The molecule has 0 bridgehead atoms. The Balaban J connectivity index is 1.81. The van der Waals surface area contributed by atoms with Gasteiger partial charge in [0.15, 0.2) is 5.69 Å². The van der Waals surface area contributed by atoms with Crippen molar-refractivity contribution in [2.75, 3.05) is 20.6 Å². The summed E-state index contributed by atoms with van der Waals surface area (Å²) in [5.41, 5.74) is 5.58. The number of nitrogens with zero attached hydrogens (tertiary/aromatic N) is 5. The van der Waals surface area contributed by atoms with Gasteiger partial charge in [0.25, 0.3) is 11.8 Å². The van der Waals surface area contributed by atoms with Crippen molar-refractivity contribution in [3.05, 3.63) is 76.1 Å². The third kappa shape index (κ3) is 4.82. The Hall–Kier alpha value is -3.48. The average molecular weight is 420 g/mol. The van der Waals surface area contributed by atoms with Gasteiger partial charge in [-0.05, 0) is 57.0 Å². The Morgan fingerprint density at radius 2 is 1.61 bits per heavy atom. The second-order valence-electron chi connectivity index (χ2n) is 7.93. The van der Waals surface area contributed by atoms with E-state index in [4.69, 9.17) is 0 Å². The molecule has 2 aromatic carbocycles. The first kappa shape index (κ1) is 22.2. The van der Waals surface area contributed by atoms with Crippen LogP contribution in [0.3, 0.4) is 0 Å². The van der Waals surface area contributed by atoms with E-state index in [-0.39, 0.29) is 11.8 Å². The predicted molar refractivity (Wildman–Crippen MR) is 120 cm³/mol. The van der Waals surface area contributed by atoms with Crippen molar-refractivity contribution >= 4 is 11.8 Å². The zero-order chi connectivity index (χ0) is 22.7. The Labute approximate surface area is 183 Å². The second kappa shape index (κ2) is 9.12. The Morgan fingerprint density at radius 1 is 0.935 bits per heavy atom. The van der Waals surface area contributed by atoms with Crippen molar-refractivity contribution < 1.29 is 9.59 Å². The van der Waals surface area contributed by atoms with Gasteiger partial charge in [-0.3, -0.25) is 9.59 Å². The molecule has 0 aliphatic carbocycles. The largest absolute Gasteiger partial charge is 0.345 e. The highest BCUT2D eigenvalue weighted by Gasteiger charge is 2.22. The zero-order valence-electron chi connectivity index (χ0n) is 19.0. The Bertz CT molecular complexity index is 1100. The smallest absolute Gasteiger partial charge is 0.276 e. The standard InChI is InChI=1S/C24H29N5O2/c1-7-28(15-19-9-11-20(12-10-19)23(30)27(5)6)24(31)22-18(4)25-29(26-22)21-13-8-16(2)14-17(21)3/h8-14H,7,15H2,1-6H3. The molecule has 7 heteroatoms. The van der Waals surface area contributed by atoms with Crippen LogP contribution in [0, 0.1) is 20.8 Å². The summed E-state index contributed by atoms with van der Waals surface area (Å²) in [6.07, 6.45) is 0. The molecule has 162 valence electrons. The fraction of sp³-hybridized carbons (Fsp3) is 0.333. The van der Waals surface area contributed by atoms with Crippen molar-refractivity contribution in [3.63, 3.8) is 0 Å². The molecule has 1 aromatic heterocycles. The van der Waals surface area contributed by atoms with E-state index < -0.39 is 0 Å². The molecule has 1 heterocycles. The molecule has 0 aliphatic heterocycles. The van der Waals surface area contributed by atoms with E-state index in [2.05, 4.69) is 16.3 Å². The minimum atomic E-state index is -0.163. The Kier molecular flexibility index (Phi) is 6.53. The van der Waals surface area contributed by atoms with Crippen LogP contribution in [-0.2, 0) is 6.54 Å². The van der Waals surface area contributed by atoms with Crippen LogP contribution in [0.4, 0.5) is 0 Å². The first-order chi connectivity index (χ1) is 14.7. The van der Waals surface area contributed by atoms with Crippen molar-refractivity contribution in [1.29, 1.82) is 0 Å². The molecule has 0 spiro atoms. The summed E-state index contributed by atoms with van der Waals surface area (Å²) >= 11 is 0. The van der Waals surface area contributed by atoms with Crippen molar-refractivity contribution in [2.45, 2.75) is 34.2 Å². The molecule has 0 radical (unpaired) electrons. The third-order valence-corrected chi connectivity index (χ3v) is 5.20. The second-order valence-corrected chi connectivity index (χ2v) is 7.93. The normalized spacial score (nSPS) is 10.8. The summed E-state index contributed by atoms with van der Waals surface area (Å²) < 4.78 is 0. The molecule has 0 saturated heterocycles. The van der Waals surface area contributed by atoms with Gasteiger partial charge in [0.1, 0.15) is 0 Å². The SMILES string of the molecule is CCN(Cc1ccc(C(=O)N(C)C)cc1)C(=O)c1nn(-c2ccc(C)cc2C)nc1C. The van der Waals surface area contributed by atoms with E-state index in [1.807, 2.05) is 45.0 Å². The fourth-order valence-corrected chi connectivity index (χ4v) is 3.42. The van der Waals surface area contributed by atoms with Gasteiger partial charge in [-0.15, -0.1) is 5.10 Å². The summed E-state index contributed by atoms with van der Waals surface area (Å²) in [4.78, 5) is 30.1. The number of aryl methyl sites for hydroxylation is 3. The molecule has 0 aliphatic rings. The lowest BCUT2D eigenvalue weighted by atomic mass is 10.1. The first-order valence-electron chi connectivity index (χ1n) is 10.3. The number of carbonyl (C=O) groups excluding carboxylic acids is 2. The molecular formula is C24H29N5O2.